The maximum atomic E-state index is 12.2. The predicted octanol–water partition coefficient (Wildman–Crippen LogP) is 2.09. The second kappa shape index (κ2) is 6.57. The van der Waals surface area contributed by atoms with E-state index in [4.69, 9.17) is 0 Å². The van der Waals surface area contributed by atoms with Gasteiger partial charge in [-0.05, 0) is 43.7 Å². The number of nitrogens with zero attached hydrogens (tertiary/aromatic N) is 3. The largest absolute Gasteiger partial charge is 0.347 e. The number of aryl methyl sites for hydroxylation is 1. The summed E-state index contributed by atoms with van der Waals surface area (Å²) in [6.07, 6.45) is 2.74. The van der Waals surface area contributed by atoms with E-state index in [-0.39, 0.29) is 11.9 Å². The maximum absolute atomic E-state index is 12.2. The molecule has 6 nitrogen and oxygen atoms in total. The van der Waals surface area contributed by atoms with Gasteiger partial charge in [0.15, 0.2) is 5.69 Å². The average molecular weight is 333 g/mol. The molecule has 1 aliphatic rings. The highest BCUT2D eigenvalue weighted by Crippen LogP contribution is 2.22. The van der Waals surface area contributed by atoms with Crippen molar-refractivity contribution in [3.8, 4) is 11.3 Å². The third kappa shape index (κ3) is 3.21. The molecule has 25 heavy (non-hydrogen) atoms. The molecular weight excluding hydrogens is 314 g/mol. The van der Waals surface area contributed by atoms with Gasteiger partial charge in [-0.1, -0.05) is 18.2 Å². The minimum atomic E-state index is -0.181. The van der Waals surface area contributed by atoms with Gasteiger partial charge in [0.25, 0.3) is 5.91 Å². The van der Waals surface area contributed by atoms with Gasteiger partial charge in [-0.2, -0.15) is 0 Å². The quantitative estimate of drug-likeness (QED) is 0.767. The third-order valence-electron chi connectivity index (χ3n) is 4.50. The summed E-state index contributed by atoms with van der Waals surface area (Å²) in [5.74, 6) is -0.181. The van der Waals surface area contributed by atoms with E-state index in [9.17, 15) is 4.79 Å². The zero-order valence-corrected chi connectivity index (χ0v) is 14.0. The molecule has 126 valence electrons. The van der Waals surface area contributed by atoms with Crippen LogP contribution in [0.1, 0.15) is 22.5 Å². The predicted molar refractivity (Wildman–Crippen MR) is 96.2 cm³/mol. The molecule has 1 amide bonds. The Bertz CT molecular complexity index is 917. The molecule has 1 aliphatic heterocycles. The fourth-order valence-corrected chi connectivity index (χ4v) is 3.10. The van der Waals surface area contributed by atoms with Crippen LogP contribution < -0.4 is 10.6 Å². The molecule has 0 radical (unpaired) electrons. The number of aromatic nitrogens is 3. The molecule has 1 unspecified atom stereocenters. The fraction of sp³-hybridized carbons (Fsp3) is 0.263. The van der Waals surface area contributed by atoms with Gasteiger partial charge in [0, 0.05) is 29.7 Å². The zero-order valence-electron chi connectivity index (χ0n) is 14.0. The minimum absolute atomic E-state index is 0.168. The summed E-state index contributed by atoms with van der Waals surface area (Å²) in [7, 11) is 0. The van der Waals surface area contributed by atoms with E-state index in [2.05, 4.69) is 25.8 Å². The van der Waals surface area contributed by atoms with Crippen molar-refractivity contribution in [3.63, 3.8) is 0 Å². The Labute approximate surface area is 145 Å². The van der Waals surface area contributed by atoms with Gasteiger partial charge in [-0.3, -0.25) is 9.78 Å². The van der Waals surface area contributed by atoms with Crippen molar-refractivity contribution in [1.82, 2.24) is 25.8 Å². The number of para-hydroxylation sites is 1. The van der Waals surface area contributed by atoms with Gasteiger partial charge >= 0.3 is 0 Å². The number of fused-ring (bicyclic) bond motifs is 1. The van der Waals surface area contributed by atoms with E-state index in [1.165, 1.54) is 0 Å². The lowest BCUT2D eigenvalue weighted by atomic mass is 10.1. The number of pyridine rings is 1. The molecule has 1 saturated heterocycles. The van der Waals surface area contributed by atoms with Crippen LogP contribution in [0, 0.1) is 6.92 Å². The summed E-state index contributed by atoms with van der Waals surface area (Å²) in [6, 6.07) is 11.8. The number of carbonyl (C=O) groups excluding carboxylic acids is 1. The highest BCUT2D eigenvalue weighted by molar-refractivity contribution is 5.92. The van der Waals surface area contributed by atoms with E-state index < -0.39 is 0 Å². The smallest absolute Gasteiger partial charge is 0.272 e. The van der Waals surface area contributed by atoms with Crippen LogP contribution in [-0.4, -0.2) is 40.2 Å². The number of hydrogen-bond acceptors (Lipinski definition) is 5. The van der Waals surface area contributed by atoms with Crippen LogP contribution in [0.3, 0.4) is 0 Å². The Balaban J connectivity index is 1.56. The summed E-state index contributed by atoms with van der Waals surface area (Å²) in [6.45, 7) is 3.78. The SMILES string of the molecule is Cc1cccc2cc(-c3ccc(C(=O)NC4CCNC4)nn3)cnc12. The molecule has 2 N–H and O–H groups in total. The maximum Gasteiger partial charge on any atom is 0.272 e. The molecule has 0 bridgehead atoms. The Hall–Kier alpha value is -2.86. The van der Waals surface area contributed by atoms with Crippen molar-refractivity contribution >= 4 is 16.8 Å². The second-order valence-electron chi connectivity index (χ2n) is 6.34. The van der Waals surface area contributed by atoms with Crippen LogP contribution in [0.15, 0.2) is 42.6 Å². The molecule has 3 heterocycles. The molecule has 6 heteroatoms. The second-order valence-corrected chi connectivity index (χ2v) is 6.34. The van der Waals surface area contributed by atoms with Crippen LogP contribution in [-0.2, 0) is 0 Å². The number of carbonyl (C=O) groups is 1. The molecule has 0 saturated carbocycles. The van der Waals surface area contributed by atoms with Crippen LogP contribution in [0.4, 0.5) is 0 Å². The molecule has 2 aromatic heterocycles. The number of rotatable bonds is 3. The topological polar surface area (TPSA) is 79.8 Å². The number of hydrogen-bond donors (Lipinski definition) is 2. The third-order valence-corrected chi connectivity index (χ3v) is 4.50. The Morgan fingerprint density at radius 3 is 2.92 bits per heavy atom. The van der Waals surface area contributed by atoms with Crippen molar-refractivity contribution in [1.29, 1.82) is 0 Å². The number of benzene rings is 1. The van der Waals surface area contributed by atoms with Crippen LogP contribution in [0.5, 0.6) is 0 Å². The monoisotopic (exact) mass is 333 g/mol. The summed E-state index contributed by atoms with van der Waals surface area (Å²) < 4.78 is 0. The summed E-state index contributed by atoms with van der Waals surface area (Å²) in [4.78, 5) is 16.7. The van der Waals surface area contributed by atoms with Gasteiger partial charge in [-0.25, -0.2) is 0 Å². The van der Waals surface area contributed by atoms with Gasteiger partial charge < -0.3 is 10.6 Å². The van der Waals surface area contributed by atoms with Crippen molar-refractivity contribution in [2.75, 3.05) is 13.1 Å². The van der Waals surface area contributed by atoms with Crippen LogP contribution >= 0.6 is 0 Å². The van der Waals surface area contributed by atoms with Gasteiger partial charge in [0.1, 0.15) is 0 Å². The fourth-order valence-electron chi connectivity index (χ4n) is 3.10. The molecule has 1 aromatic carbocycles. The van der Waals surface area contributed by atoms with E-state index >= 15 is 0 Å². The first-order valence-electron chi connectivity index (χ1n) is 8.42. The van der Waals surface area contributed by atoms with E-state index in [0.717, 1.165) is 41.5 Å². The van der Waals surface area contributed by atoms with Crippen molar-refractivity contribution in [3.05, 3.63) is 53.9 Å². The summed E-state index contributed by atoms with van der Waals surface area (Å²) in [5, 5.41) is 15.5. The Morgan fingerprint density at radius 1 is 1.24 bits per heavy atom. The van der Waals surface area contributed by atoms with Crippen LogP contribution in [0.2, 0.25) is 0 Å². The lowest BCUT2D eigenvalue weighted by Crippen LogP contribution is -2.36. The summed E-state index contributed by atoms with van der Waals surface area (Å²) in [5.41, 5.74) is 4.05. The van der Waals surface area contributed by atoms with Crippen LogP contribution in [0.25, 0.3) is 22.2 Å². The van der Waals surface area contributed by atoms with Crippen molar-refractivity contribution in [2.45, 2.75) is 19.4 Å². The molecule has 3 aromatic rings. The highest BCUT2D eigenvalue weighted by atomic mass is 16.2. The first-order chi connectivity index (χ1) is 12.2. The molecule has 4 rings (SSSR count). The zero-order chi connectivity index (χ0) is 17.2. The highest BCUT2D eigenvalue weighted by Gasteiger charge is 2.18. The average Bonchev–Trinajstić information content (AvgIpc) is 3.15. The van der Waals surface area contributed by atoms with Crippen molar-refractivity contribution in [2.24, 2.45) is 0 Å². The molecule has 0 spiro atoms. The molecule has 1 atom stereocenters. The number of amides is 1. The van der Waals surface area contributed by atoms with Gasteiger partial charge in [0.05, 0.1) is 11.2 Å². The Kier molecular flexibility index (Phi) is 4.11. The van der Waals surface area contributed by atoms with Crippen molar-refractivity contribution < 1.29 is 4.79 Å². The van der Waals surface area contributed by atoms with E-state index in [1.54, 1.807) is 12.3 Å². The normalized spacial score (nSPS) is 16.9. The summed E-state index contributed by atoms with van der Waals surface area (Å²) >= 11 is 0. The lowest BCUT2D eigenvalue weighted by molar-refractivity contribution is 0.0934. The van der Waals surface area contributed by atoms with Gasteiger partial charge in [-0.15, -0.1) is 10.2 Å². The molecule has 1 fully saturated rings. The molecule has 0 aliphatic carbocycles. The standard InChI is InChI=1S/C19H19N5O/c1-12-3-2-4-13-9-14(10-21-18(12)13)16-5-6-17(24-23-16)19(25)22-15-7-8-20-11-15/h2-6,9-10,15,20H,7-8,11H2,1H3,(H,22,25). The van der Waals surface area contributed by atoms with E-state index in [0.29, 0.717) is 11.4 Å². The molecular formula is C19H19N5O. The lowest BCUT2D eigenvalue weighted by Gasteiger charge is -2.10. The van der Waals surface area contributed by atoms with Gasteiger partial charge in [0.2, 0.25) is 0 Å². The van der Waals surface area contributed by atoms with E-state index in [1.807, 2.05) is 37.3 Å². The number of nitrogens with one attached hydrogen (secondary N) is 2. The first-order valence-corrected chi connectivity index (χ1v) is 8.42. The minimum Gasteiger partial charge on any atom is -0.347 e. The first kappa shape index (κ1) is 15.7. The Morgan fingerprint density at radius 2 is 2.16 bits per heavy atom.